The van der Waals surface area contributed by atoms with Gasteiger partial charge in [0.05, 0.1) is 16.1 Å². The third-order valence-corrected chi connectivity index (χ3v) is 6.15. The number of rotatable bonds is 8. The van der Waals surface area contributed by atoms with Crippen molar-refractivity contribution in [3.63, 3.8) is 0 Å². The van der Waals surface area contributed by atoms with E-state index in [1.54, 1.807) is 36.4 Å². The Kier molecular flexibility index (Phi) is 6.63. The Morgan fingerprint density at radius 2 is 1.70 bits per heavy atom. The summed E-state index contributed by atoms with van der Waals surface area (Å²) >= 11 is 0. The van der Waals surface area contributed by atoms with E-state index in [2.05, 4.69) is 11.4 Å². The first kappa shape index (κ1) is 22.4. The van der Waals surface area contributed by atoms with Crippen molar-refractivity contribution in [2.45, 2.75) is 44.6 Å². The van der Waals surface area contributed by atoms with Gasteiger partial charge in [0.15, 0.2) is 0 Å². The van der Waals surface area contributed by atoms with E-state index in [-0.39, 0.29) is 23.2 Å². The Morgan fingerprint density at radius 1 is 1.03 bits per heavy atom. The molecule has 8 heteroatoms. The standard InChI is InChI=1S/C25H25N3O5/c29-23(26-15-14-17-6-2-1-3-7-17)22(16-18-10-12-19(13-11-18)28(32)33)27-24(30)20-8-4-5-9-21(20)25(27)31/h4-6,8-13,22H,1-3,7,14-16H2,(H,26,29)/t22-/m1/s1. The fourth-order valence-electron chi connectivity index (χ4n) is 4.36. The lowest BCUT2D eigenvalue weighted by Crippen LogP contribution is -2.51. The monoisotopic (exact) mass is 447 g/mol. The summed E-state index contributed by atoms with van der Waals surface area (Å²) in [4.78, 5) is 50.7. The minimum atomic E-state index is -1.06. The molecule has 0 fully saturated rings. The van der Waals surface area contributed by atoms with E-state index >= 15 is 0 Å². The maximum Gasteiger partial charge on any atom is 0.269 e. The second-order valence-electron chi connectivity index (χ2n) is 8.32. The summed E-state index contributed by atoms with van der Waals surface area (Å²) in [5.41, 5.74) is 2.41. The lowest BCUT2D eigenvalue weighted by molar-refractivity contribution is -0.384. The van der Waals surface area contributed by atoms with E-state index in [1.165, 1.54) is 24.1 Å². The first-order chi connectivity index (χ1) is 16.0. The van der Waals surface area contributed by atoms with Crippen LogP contribution in [-0.2, 0) is 11.2 Å². The van der Waals surface area contributed by atoms with Crippen LogP contribution in [0.4, 0.5) is 5.69 Å². The number of imide groups is 1. The number of fused-ring (bicyclic) bond motifs is 1. The third kappa shape index (κ3) is 4.84. The summed E-state index contributed by atoms with van der Waals surface area (Å²) in [5.74, 6) is -1.43. The van der Waals surface area contributed by atoms with Crippen LogP contribution < -0.4 is 5.32 Å². The van der Waals surface area contributed by atoms with Gasteiger partial charge < -0.3 is 5.32 Å². The molecule has 0 unspecified atom stereocenters. The highest BCUT2D eigenvalue weighted by atomic mass is 16.6. The Balaban J connectivity index is 1.54. The van der Waals surface area contributed by atoms with Crippen molar-refractivity contribution >= 4 is 23.4 Å². The largest absolute Gasteiger partial charge is 0.354 e. The van der Waals surface area contributed by atoms with Gasteiger partial charge in [-0.05, 0) is 49.8 Å². The van der Waals surface area contributed by atoms with Crippen LogP contribution in [0, 0.1) is 10.1 Å². The number of carbonyl (C=O) groups is 3. The van der Waals surface area contributed by atoms with Gasteiger partial charge in [0.25, 0.3) is 17.5 Å². The summed E-state index contributed by atoms with van der Waals surface area (Å²) in [6.07, 6.45) is 7.44. The van der Waals surface area contributed by atoms with Gasteiger partial charge in [-0.25, -0.2) is 0 Å². The topological polar surface area (TPSA) is 110 Å². The van der Waals surface area contributed by atoms with Crippen LogP contribution >= 0.6 is 0 Å². The Labute approximate surface area is 191 Å². The zero-order valence-electron chi connectivity index (χ0n) is 18.2. The number of carbonyl (C=O) groups excluding carboxylic acids is 3. The predicted molar refractivity (Wildman–Crippen MR) is 122 cm³/mol. The molecular weight excluding hydrogens is 422 g/mol. The molecule has 4 rings (SSSR count). The molecule has 1 heterocycles. The molecule has 2 aromatic rings. The van der Waals surface area contributed by atoms with Crippen molar-refractivity contribution in [1.82, 2.24) is 10.2 Å². The van der Waals surface area contributed by atoms with Crippen LogP contribution in [0.15, 0.2) is 60.2 Å². The highest BCUT2D eigenvalue weighted by Gasteiger charge is 2.42. The van der Waals surface area contributed by atoms with Crippen LogP contribution in [0.1, 0.15) is 58.4 Å². The summed E-state index contributed by atoms with van der Waals surface area (Å²) in [7, 11) is 0. The van der Waals surface area contributed by atoms with E-state index in [0.29, 0.717) is 12.1 Å². The van der Waals surface area contributed by atoms with E-state index in [1.807, 2.05) is 0 Å². The summed E-state index contributed by atoms with van der Waals surface area (Å²) in [5, 5.41) is 13.8. The molecule has 0 aromatic heterocycles. The van der Waals surface area contributed by atoms with Gasteiger partial charge in [-0.15, -0.1) is 0 Å². The Morgan fingerprint density at radius 3 is 2.27 bits per heavy atom. The van der Waals surface area contributed by atoms with Gasteiger partial charge in [-0.2, -0.15) is 0 Å². The number of allylic oxidation sites excluding steroid dienone is 1. The van der Waals surface area contributed by atoms with Crippen molar-refractivity contribution < 1.29 is 19.3 Å². The third-order valence-electron chi connectivity index (χ3n) is 6.15. The first-order valence-electron chi connectivity index (χ1n) is 11.1. The Hall–Kier alpha value is -3.81. The maximum atomic E-state index is 13.2. The summed E-state index contributed by atoms with van der Waals surface area (Å²) in [6, 6.07) is 11.2. The molecule has 0 spiro atoms. The quantitative estimate of drug-likeness (QED) is 0.286. The van der Waals surface area contributed by atoms with Crippen molar-refractivity contribution in [3.8, 4) is 0 Å². The molecule has 2 aromatic carbocycles. The number of nitrogens with zero attached hydrogens (tertiary/aromatic N) is 2. The number of nitrogens with one attached hydrogen (secondary N) is 1. The lowest BCUT2D eigenvalue weighted by atomic mass is 9.97. The molecule has 3 amide bonds. The smallest absolute Gasteiger partial charge is 0.269 e. The molecule has 0 saturated carbocycles. The minimum Gasteiger partial charge on any atom is -0.354 e. The zero-order valence-corrected chi connectivity index (χ0v) is 18.2. The minimum absolute atomic E-state index is 0.0675. The number of hydrogen-bond acceptors (Lipinski definition) is 5. The van der Waals surface area contributed by atoms with Crippen LogP contribution in [0.25, 0.3) is 0 Å². The molecule has 1 aliphatic carbocycles. The molecule has 8 nitrogen and oxygen atoms in total. The van der Waals surface area contributed by atoms with Crippen LogP contribution in [0.3, 0.4) is 0 Å². The van der Waals surface area contributed by atoms with Crippen LogP contribution in [-0.4, -0.2) is 40.1 Å². The van der Waals surface area contributed by atoms with Gasteiger partial charge in [-0.1, -0.05) is 35.9 Å². The van der Waals surface area contributed by atoms with E-state index in [9.17, 15) is 24.5 Å². The number of amides is 3. The number of nitro benzene ring substituents is 1. The molecule has 170 valence electrons. The number of non-ortho nitro benzene ring substituents is 1. The zero-order chi connectivity index (χ0) is 23.4. The predicted octanol–water partition coefficient (Wildman–Crippen LogP) is 3.81. The fourth-order valence-corrected chi connectivity index (χ4v) is 4.36. The van der Waals surface area contributed by atoms with Crippen molar-refractivity contribution in [1.29, 1.82) is 0 Å². The average Bonchev–Trinajstić information content (AvgIpc) is 3.08. The van der Waals surface area contributed by atoms with Gasteiger partial charge in [-0.3, -0.25) is 29.4 Å². The van der Waals surface area contributed by atoms with E-state index < -0.39 is 28.7 Å². The van der Waals surface area contributed by atoms with E-state index in [4.69, 9.17) is 0 Å². The van der Waals surface area contributed by atoms with Crippen LogP contribution in [0.2, 0.25) is 0 Å². The average molecular weight is 447 g/mol. The second kappa shape index (κ2) is 9.77. The Bertz CT molecular complexity index is 1090. The molecule has 33 heavy (non-hydrogen) atoms. The molecule has 1 aliphatic heterocycles. The van der Waals surface area contributed by atoms with Crippen molar-refractivity contribution in [3.05, 3.63) is 87.0 Å². The molecule has 0 bridgehead atoms. The maximum absolute atomic E-state index is 13.2. The van der Waals surface area contributed by atoms with Crippen molar-refractivity contribution in [2.24, 2.45) is 0 Å². The van der Waals surface area contributed by atoms with Crippen molar-refractivity contribution in [2.75, 3.05) is 6.54 Å². The lowest BCUT2D eigenvalue weighted by Gasteiger charge is -2.26. The van der Waals surface area contributed by atoms with Gasteiger partial charge >= 0.3 is 0 Å². The molecule has 0 radical (unpaired) electrons. The highest BCUT2D eigenvalue weighted by Crippen LogP contribution is 2.27. The summed E-state index contributed by atoms with van der Waals surface area (Å²) in [6.45, 7) is 0.421. The molecule has 2 aliphatic rings. The molecule has 0 saturated heterocycles. The first-order valence-corrected chi connectivity index (χ1v) is 11.1. The molecule has 1 atom stereocenters. The number of nitro groups is 1. The number of benzene rings is 2. The normalized spacial score (nSPS) is 16.2. The second-order valence-corrected chi connectivity index (χ2v) is 8.32. The number of hydrogen-bond donors (Lipinski definition) is 1. The molecule has 1 N–H and O–H groups in total. The highest BCUT2D eigenvalue weighted by molar-refractivity contribution is 6.22. The van der Waals surface area contributed by atoms with Gasteiger partial charge in [0.1, 0.15) is 6.04 Å². The summed E-state index contributed by atoms with van der Waals surface area (Å²) < 4.78 is 0. The fraction of sp³-hybridized carbons (Fsp3) is 0.320. The van der Waals surface area contributed by atoms with Gasteiger partial charge in [0.2, 0.25) is 5.91 Å². The SMILES string of the molecule is O=C(NCCC1=CCCCC1)[C@@H](Cc1ccc([N+](=O)[O-])cc1)N1C(=O)c2ccccc2C1=O. The van der Waals surface area contributed by atoms with Gasteiger partial charge in [0, 0.05) is 25.1 Å². The van der Waals surface area contributed by atoms with Crippen LogP contribution in [0.5, 0.6) is 0 Å². The molecular formula is C25H25N3O5. The van der Waals surface area contributed by atoms with E-state index in [0.717, 1.165) is 30.6 Å².